The van der Waals surface area contributed by atoms with E-state index in [9.17, 15) is 0 Å². The van der Waals surface area contributed by atoms with Crippen molar-refractivity contribution in [3.8, 4) is 0 Å². The summed E-state index contributed by atoms with van der Waals surface area (Å²) in [5, 5.41) is 0. The lowest BCUT2D eigenvalue weighted by atomic mass is 10.4. The van der Waals surface area contributed by atoms with Crippen molar-refractivity contribution in [2.24, 2.45) is 5.73 Å². The molecule has 0 aliphatic heterocycles. The van der Waals surface area contributed by atoms with Crippen LogP contribution < -0.4 is 5.73 Å². The zero-order valence-electron chi connectivity index (χ0n) is 7.62. The Labute approximate surface area is 74.4 Å². The van der Waals surface area contributed by atoms with Gasteiger partial charge in [0, 0.05) is 0 Å². The van der Waals surface area contributed by atoms with E-state index in [-0.39, 0.29) is 0 Å². The second-order valence-electron chi connectivity index (χ2n) is 2.34. The second kappa shape index (κ2) is 8.08. The zero-order valence-corrected chi connectivity index (χ0v) is 7.62. The van der Waals surface area contributed by atoms with Crippen molar-refractivity contribution in [2.75, 3.05) is 13.2 Å². The van der Waals surface area contributed by atoms with Gasteiger partial charge in [-0.2, -0.15) is 0 Å². The molecule has 0 heterocycles. The van der Waals surface area contributed by atoms with Crippen LogP contribution in [-0.2, 0) is 4.74 Å². The highest BCUT2D eigenvalue weighted by atomic mass is 16.5. The van der Waals surface area contributed by atoms with Gasteiger partial charge in [0.15, 0.2) is 0 Å². The molecule has 0 radical (unpaired) electrons. The smallest absolute Gasteiger partial charge is 0.112 e. The molecule has 0 fully saturated rings. The van der Waals surface area contributed by atoms with Crippen LogP contribution in [0.25, 0.3) is 0 Å². The fraction of sp³-hybridized carbons (Fsp3) is 0.400. The van der Waals surface area contributed by atoms with Crippen LogP contribution in [0.4, 0.5) is 0 Å². The first-order chi connectivity index (χ1) is 5.81. The Morgan fingerprint density at radius 2 is 2.25 bits per heavy atom. The number of allylic oxidation sites excluding steroid dienone is 4. The van der Waals surface area contributed by atoms with Crippen LogP contribution in [-0.4, -0.2) is 13.2 Å². The number of hydrogen-bond acceptors (Lipinski definition) is 2. The van der Waals surface area contributed by atoms with E-state index in [4.69, 9.17) is 10.5 Å². The van der Waals surface area contributed by atoms with Crippen LogP contribution in [0.2, 0.25) is 0 Å². The highest BCUT2D eigenvalue weighted by molar-refractivity contribution is 5.13. The van der Waals surface area contributed by atoms with Gasteiger partial charge in [0.05, 0.1) is 6.61 Å². The Morgan fingerprint density at radius 3 is 2.83 bits per heavy atom. The van der Waals surface area contributed by atoms with Crippen LogP contribution >= 0.6 is 0 Å². The van der Waals surface area contributed by atoms with E-state index >= 15 is 0 Å². The van der Waals surface area contributed by atoms with Crippen molar-refractivity contribution in [3.05, 3.63) is 36.6 Å². The molecule has 2 nitrogen and oxygen atoms in total. The number of hydrogen-bond donors (Lipinski definition) is 1. The van der Waals surface area contributed by atoms with Crippen molar-refractivity contribution in [1.29, 1.82) is 0 Å². The molecule has 0 unspecified atom stereocenters. The lowest BCUT2D eigenvalue weighted by Crippen LogP contribution is -2.03. The molecule has 0 rings (SSSR count). The van der Waals surface area contributed by atoms with E-state index in [2.05, 4.69) is 6.58 Å². The van der Waals surface area contributed by atoms with Gasteiger partial charge < -0.3 is 10.5 Å². The molecule has 2 N–H and O–H groups in total. The molecule has 2 heteroatoms. The van der Waals surface area contributed by atoms with Crippen molar-refractivity contribution in [3.63, 3.8) is 0 Å². The summed E-state index contributed by atoms with van der Waals surface area (Å²) in [7, 11) is 0. The van der Waals surface area contributed by atoms with Gasteiger partial charge in [-0.3, -0.25) is 0 Å². The Balaban J connectivity index is 3.45. The Hall–Kier alpha value is -1.02. The van der Waals surface area contributed by atoms with Gasteiger partial charge >= 0.3 is 0 Å². The van der Waals surface area contributed by atoms with Gasteiger partial charge in [-0.25, -0.2) is 0 Å². The maximum Gasteiger partial charge on any atom is 0.112 e. The molecule has 12 heavy (non-hydrogen) atoms. The molecule has 0 aromatic rings. The number of nitrogens with two attached hydrogens (primary N) is 1. The molecule has 0 atom stereocenters. The first-order valence-corrected chi connectivity index (χ1v) is 4.12. The number of rotatable bonds is 6. The minimum atomic E-state index is 0.648. The predicted molar refractivity (Wildman–Crippen MR) is 52.7 cm³/mol. The summed E-state index contributed by atoms with van der Waals surface area (Å²) in [6, 6.07) is 0. The maximum absolute atomic E-state index is 5.30. The molecule has 68 valence electrons. The largest absolute Gasteiger partial charge is 0.494 e. The van der Waals surface area contributed by atoms with E-state index in [1.54, 1.807) is 0 Å². The molecule has 0 aromatic heterocycles. The average Bonchev–Trinajstić information content (AvgIpc) is 2.06. The highest BCUT2D eigenvalue weighted by Gasteiger charge is 1.86. The van der Waals surface area contributed by atoms with Crippen LogP contribution in [0.1, 0.15) is 13.3 Å². The van der Waals surface area contributed by atoms with Gasteiger partial charge in [0.25, 0.3) is 0 Å². The van der Waals surface area contributed by atoms with Crippen LogP contribution in [0.15, 0.2) is 36.6 Å². The molecule has 0 aliphatic rings. The fourth-order valence-corrected chi connectivity index (χ4v) is 0.609. The van der Waals surface area contributed by atoms with Crippen molar-refractivity contribution < 1.29 is 4.74 Å². The molecule has 0 amide bonds. The molecular formula is C10H17NO. The quantitative estimate of drug-likeness (QED) is 0.373. The minimum absolute atomic E-state index is 0.648. The normalized spacial score (nSPS) is 11.2. The minimum Gasteiger partial charge on any atom is -0.494 e. The summed E-state index contributed by atoms with van der Waals surface area (Å²) in [4.78, 5) is 0. The first-order valence-electron chi connectivity index (χ1n) is 4.12. The van der Waals surface area contributed by atoms with Crippen molar-refractivity contribution >= 4 is 0 Å². The lowest BCUT2D eigenvalue weighted by molar-refractivity contribution is 0.224. The van der Waals surface area contributed by atoms with Crippen molar-refractivity contribution in [1.82, 2.24) is 0 Å². The molecule has 0 saturated carbocycles. The van der Waals surface area contributed by atoms with Gasteiger partial charge in [-0.05, 0) is 26.0 Å². The summed E-state index contributed by atoms with van der Waals surface area (Å²) in [6.45, 7) is 6.98. The summed E-state index contributed by atoms with van der Waals surface area (Å²) >= 11 is 0. The Bertz CT molecular complexity index is 171. The van der Waals surface area contributed by atoms with Gasteiger partial charge in [0.2, 0.25) is 0 Å². The molecule has 0 saturated heterocycles. The van der Waals surface area contributed by atoms with Crippen LogP contribution in [0, 0.1) is 0 Å². The van der Waals surface area contributed by atoms with Gasteiger partial charge in [-0.15, -0.1) is 0 Å². The van der Waals surface area contributed by atoms with Crippen LogP contribution in [0.5, 0.6) is 0 Å². The summed E-state index contributed by atoms with van der Waals surface area (Å²) in [5.41, 5.74) is 5.30. The topological polar surface area (TPSA) is 35.2 Å². The first kappa shape index (κ1) is 11.0. The van der Waals surface area contributed by atoms with E-state index < -0.39 is 0 Å². The third-order valence-corrected chi connectivity index (χ3v) is 1.22. The monoisotopic (exact) mass is 167 g/mol. The summed E-state index contributed by atoms with van der Waals surface area (Å²) in [6.07, 6.45) is 8.47. The summed E-state index contributed by atoms with van der Waals surface area (Å²) in [5.74, 6) is 0.682. The highest BCUT2D eigenvalue weighted by Crippen LogP contribution is 1.96. The maximum atomic E-state index is 5.30. The summed E-state index contributed by atoms with van der Waals surface area (Å²) < 4.78 is 5.23. The Morgan fingerprint density at radius 1 is 1.50 bits per heavy atom. The molecule has 0 aromatic carbocycles. The third-order valence-electron chi connectivity index (χ3n) is 1.22. The molecule has 0 bridgehead atoms. The van der Waals surface area contributed by atoms with E-state index in [1.165, 1.54) is 0 Å². The molecular weight excluding hydrogens is 150 g/mol. The standard InChI is InChI=1S/C10H17NO/c1-3-4-5-7-10(2)12-9-6-8-11/h3-5,7H,2,6,8-9,11H2,1H3/b4-3-,7-5-. The zero-order chi connectivity index (χ0) is 9.23. The van der Waals surface area contributed by atoms with E-state index in [0.717, 1.165) is 6.42 Å². The molecule has 0 aliphatic carbocycles. The lowest BCUT2D eigenvalue weighted by Gasteiger charge is -2.02. The SMILES string of the molecule is C=C(/C=C\C=C/C)OCCCN. The third kappa shape index (κ3) is 7.09. The second-order valence-corrected chi connectivity index (χ2v) is 2.34. The number of ether oxygens (including phenoxy) is 1. The molecule has 0 spiro atoms. The van der Waals surface area contributed by atoms with Gasteiger partial charge in [-0.1, -0.05) is 24.8 Å². The van der Waals surface area contributed by atoms with E-state index in [0.29, 0.717) is 18.9 Å². The van der Waals surface area contributed by atoms with Crippen LogP contribution in [0.3, 0.4) is 0 Å². The van der Waals surface area contributed by atoms with Gasteiger partial charge in [0.1, 0.15) is 5.76 Å². The van der Waals surface area contributed by atoms with Crippen molar-refractivity contribution in [2.45, 2.75) is 13.3 Å². The Kier molecular flexibility index (Phi) is 7.39. The fourth-order valence-electron chi connectivity index (χ4n) is 0.609. The van der Waals surface area contributed by atoms with E-state index in [1.807, 2.05) is 31.2 Å². The predicted octanol–water partition coefficient (Wildman–Crippen LogP) is 2.00. The average molecular weight is 167 g/mol.